The molecular weight excluding hydrogens is 501 g/mol. The largest absolute Gasteiger partial charge is 0.416 e. The van der Waals surface area contributed by atoms with Crippen molar-refractivity contribution in [3.8, 4) is 22.3 Å². The minimum atomic E-state index is -4.37. The number of rotatable bonds is 2. The molecule has 3 heteroatoms. The zero-order valence-electron chi connectivity index (χ0n) is 21.3. The second kappa shape index (κ2) is 8.30. The van der Waals surface area contributed by atoms with Gasteiger partial charge in [-0.15, -0.1) is 0 Å². The maximum absolute atomic E-state index is 13.3. The van der Waals surface area contributed by atoms with Gasteiger partial charge in [-0.3, -0.25) is 0 Å². The van der Waals surface area contributed by atoms with Crippen LogP contribution in [0.3, 0.4) is 0 Å². The fraction of sp³-hybridized carbons (Fsp3) is 0.0270. The van der Waals surface area contributed by atoms with Crippen LogP contribution < -0.4 is 0 Å². The first-order chi connectivity index (χ1) is 19.5. The van der Waals surface area contributed by atoms with E-state index in [1.807, 2.05) is 24.3 Å². The predicted octanol–water partition coefficient (Wildman–Crippen LogP) is 11.2. The lowest BCUT2D eigenvalue weighted by Gasteiger charge is -2.19. The van der Waals surface area contributed by atoms with E-state index in [-0.39, 0.29) is 0 Å². The number of benzene rings is 8. The molecule has 0 N–H and O–H groups in total. The molecule has 0 fully saturated rings. The van der Waals surface area contributed by atoms with Crippen molar-refractivity contribution in [3.63, 3.8) is 0 Å². The van der Waals surface area contributed by atoms with Gasteiger partial charge in [-0.25, -0.2) is 0 Å². The van der Waals surface area contributed by atoms with E-state index in [2.05, 4.69) is 78.9 Å². The van der Waals surface area contributed by atoms with Gasteiger partial charge in [0.1, 0.15) is 0 Å². The standard InChI is InChI=1S/C37H21F3/c38-37(39,40)28-18-16-24(17-19-28)35-29-8-1-3-10-31(29)36(32-11-4-2-9-30(32)35)27-20-25-14-12-22-6-5-7-23-13-15-26(21-27)34(25)33(22)23/h1-21H. The summed E-state index contributed by atoms with van der Waals surface area (Å²) in [6.45, 7) is 0. The van der Waals surface area contributed by atoms with Gasteiger partial charge >= 0.3 is 6.18 Å². The van der Waals surface area contributed by atoms with Crippen molar-refractivity contribution in [1.82, 2.24) is 0 Å². The summed E-state index contributed by atoms with van der Waals surface area (Å²) in [7, 11) is 0. The average Bonchev–Trinajstić information content (AvgIpc) is 2.98. The highest BCUT2D eigenvalue weighted by Crippen LogP contribution is 2.46. The monoisotopic (exact) mass is 522 g/mol. The Morgan fingerprint density at radius 3 is 1.27 bits per heavy atom. The van der Waals surface area contributed by atoms with Crippen LogP contribution in [0.25, 0.3) is 76.1 Å². The maximum atomic E-state index is 13.3. The summed E-state index contributed by atoms with van der Waals surface area (Å²) in [6.07, 6.45) is -4.37. The van der Waals surface area contributed by atoms with Gasteiger partial charge < -0.3 is 0 Å². The van der Waals surface area contributed by atoms with E-state index < -0.39 is 11.7 Å². The second-order valence-electron chi connectivity index (χ2n) is 10.4. The number of hydrogen-bond acceptors (Lipinski definition) is 0. The first kappa shape index (κ1) is 23.0. The van der Waals surface area contributed by atoms with Crippen molar-refractivity contribution in [1.29, 1.82) is 0 Å². The van der Waals surface area contributed by atoms with Gasteiger partial charge in [0.2, 0.25) is 0 Å². The summed E-state index contributed by atoms with van der Waals surface area (Å²) in [4.78, 5) is 0. The molecule has 0 atom stereocenters. The lowest BCUT2D eigenvalue weighted by molar-refractivity contribution is -0.137. The average molecular weight is 523 g/mol. The molecule has 8 rings (SSSR count). The Hall–Kier alpha value is -4.89. The Kier molecular flexibility index (Phi) is 4.78. The van der Waals surface area contributed by atoms with E-state index in [1.165, 1.54) is 44.5 Å². The molecule has 0 bridgehead atoms. The highest BCUT2D eigenvalue weighted by molar-refractivity contribution is 6.26. The quantitative estimate of drug-likeness (QED) is 0.156. The van der Waals surface area contributed by atoms with Crippen molar-refractivity contribution in [3.05, 3.63) is 133 Å². The third-order valence-electron chi connectivity index (χ3n) is 8.18. The Balaban J connectivity index is 1.46. The molecule has 190 valence electrons. The number of alkyl halides is 3. The van der Waals surface area contributed by atoms with Gasteiger partial charge in [0.05, 0.1) is 5.56 Å². The molecule has 8 aromatic carbocycles. The van der Waals surface area contributed by atoms with Crippen LogP contribution in [0, 0.1) is 0 Å². The van der Waals surface area contributed by atoms with Gasteiger partial charge in [0, 0.05) is 0 Å². The molecule has 0 radical (unpaired) electrons. The van der Waals surface area contributed by atoms with Crippen LogP contribution in [0.2, 0.25) is 0 Å². The molecular formula is C37H21F3. The molecule has 0 aliphatic carbocycles. The van der Waals surface area contributed by atoms with Crippen LogP contribution in [0.1, 0.15) is 5.56 Å². The summed E-state index contributed by atoms with van der Waals surface area (Å²) >= 11 is 0. The summed E-state index contributed by atoms with van der Waals surface area (Å²) < 4.78 is 40.0. The first-order valence-corrected chi connectivity index (χ1v) is 13.3. The van der Waals surface area contributed by atoms with Crippen LogP contribution in [0.5, 0.6) is 0 Å². The second-order valence-corrected chi connectivity index (χ2v) is 10.4. The smallest absolute Gasteiger partial charge is 0.166 e. The minimum Gasteiger partial charge on any atom is -0.166 e. The minimum absolute atomic E-state index is 0.643. The van der Waals surface area contributed by atoms with E-state index in [0.717, 1.165) is 43.8 Å². The van der Waals surface area contributed by atoms with Crippen LogP contribution >= 0.6 is 0 Å². The highest BCUT2D eigenvalue weighted by atomic mass is 19.4. The van der Waals surface area contributed by atoms with Gasteiger partial charge in [-0.1, -0.05) is 103 Å². The van der Waals surface area contributed by atoms with Crippen LogP contribution in [0.4, 0.5) is 13.2 Å². The molecule has 0 unspecified atom stereocenters. The fourth-order valence-corrected chi connectivity index (χ4v) is 6.47. The maximum Gasteiger partial charge on any atom is 0.416 e. The highest BCUT2D eigenvalue weighted by Gasteiger charge is 2.30. The van der Waals surface area contributed by atoms with Crippen molar-refractivity contribution >= 4 is 53.9 Å². The van der Waals surface area contributed by atoms with E-state index in [1.54, 1.807) is 12.1 Å². The van der Waals surface area contributed by atoms with Crippen molar-refractivity contribution in [2.45, 2.75) is 6.18 Å². The molecule has 0 amide bonds. The lowest BCUT2D eigenvalue weighted by atomic mass is 9.84. The summed E-state index contributed by atoms with van der Waals surface area (Å²) in [5, 5.41) is 11.6. The number of hydrogen-bond donors (Lipinski definition) is 0. The molecule has 0 aromatic heterocycles. The topological polar surface area (TPSA) is 0 Å². The van der Waals surface area contributed by atoms with Gasteiger partial charge in [0.25, 0.3) is 0 Å². The molecule has 0 saturated carbocycles. The third kappa shape index (κ3) is 3.34. The van der Waals surface area contributed by atoms with Crippen LogP contribution in [-0.4, -0.2) is 0 Å². The zero-order valence-corrected chi connectivity index (χ0v) is 21.3. The molecule has 0 spiro atoms. The van der Waals surface area contributed by atoms with Crippen molar-refractivity contribution in [2.75, 3.05) is 0 Å². The Morgan fingerprint density at radius 1 is 0.375 bits per heavy atom. The van der Waals surface area contributed by atoms with Crippen molar-refractivity contribution < 1.29 is 13.2 Å². The molecule has 40 heavy (non-hydrogen) atoms. The number of fused-ring (bicyclic) bond motifs is 2. The third-order valence-corrected chi connectivity index (χ3v) is 8.18. The van der Waals surface area contributed by atoms with E-state index in [0.29, 0.717) is 0 Å². The Bertz CT molecular complexity index is 2120. The summed E-state index contributed by atoms with van der Waals surface area (Å²) in [5.41, 5.74) is 3.32. The van der Waals surface area contributed by atoms with Crippen LogP contribution in [0.15, 0.2) is 127 Å². The SMILES string of the molecule is FC(F)(F)c1ccc(-c2c3ccccc3c(-c3cc4ccc5cccc6ccc(c3)c4c56)c3ccccc23)cc1. The Morgan fingerprint density at radius 2 is 0.800 bits per heavy atom. The van der Waals surface area contributed by atoms with Gasteiger partial charge in [-0.2, -0.15) is 13.2 Å². The summed E-state index contributed by atoms with van der Waals surface area (Å²) in [5.74, 6) is 0. The van der Waals surface area contributed by atoms with Crippen molar-refractivity contribution in [2.24, 2.45) is 0 Å². The first-order valence-electron chi connectivity index (χ1n) is 13.3. The van der Waals surface area contributed by atoms with Gasteiger partial charge in [-0.05, 0) is 100 Å². The molecule has 8 aromatic rings. The normalized spacial score (nSPS) is 12.4. The predicted molar refractivity (Wildman–Crippen MR) is 161 cm³/mol. The molecule has 0 aliphatic rings. The van der Waals surface area contributed by atoms with E-state index in [4.69, 9.17) is 0 Å². The van der Waals surface area contributed by atoms with Gasteiger partial charge in [0.15, 0.2) is 0 Å². The fourth-order valence-electron chi connectivity index (χ4n) is 6.47. The summed E-state index contributed by atoms with van der Waals surface area (Å²) in [6, 6.07) is 41.7. The van der Waals surface area contributed by atoms with E-state index >= 15 is 0 Å². The van der Waals surface area contributed by atoms with E-state index in [9.17, 15) is 13.2 Å². The molecule has 0 saturated heterocycles. The zero-order chi connectivity index (χ0) is 27.0. The Labute approximate surface area is 228 Å². The molecule has 0 heterocycles. The lowest BCUT2D eigenvalue weighted by Crippen LogP contribution is -2.04. The molecule has 0 nitrogen and oxygen atoms in total. The molecule has 0 aliphatic heterocycles. The van der Waals surface area contributed by atoms with Crippen LogP contribution in [-0.2, 0) is 6.18 Å². The number of halogens is 3.